The number of ether oxygens (including phenoxy) is 1. The smallest absolute Gasteiger partial charge is 0.344 e. The van der Waals surface area contributed by atoms with Crippen molar-refractivity contribution in [3.05, 3.63) is 35.2 Å². The van der Waals surface area contributed by atoms with E-state index in [0.29, 0.717) is 5.75 Å². The molecule has 0 spiro atoms. The predicted octanol–water partition coefficient (Wildman–Crippen LogP) is 1.68. The molecule has 1 unspecified atom stereocenters. The lowest BCUT2D eigenvalue weighted by molar-refractivity contribution is -0.145. The molecular formula is C10H11NO4. The number of carboxylic acid groups (broad SMARTS) is 1. The summed E-state index contributed by atoms with van der Waals surface area (Å²) in [5.74, 6) is -0.627. The van der Waals surface area contributed by atoms with E-state index in [1.807, 2.05) is 0 Å². The van der Waals surface area contributed by atoms with E-state index in [4.69, 9.17) is 9.84 Å². The molecule has 5 heteroatoms. The van der Waals surface area contributed by atoms with Crippen molar-refractivity contribution in [3.8, 4) is 5.75 Å². The predicted molar refractivity (Wildman–Crippen MR) is 53.8 cm³/mol. The first kappa shape index (κ1) is 11.2. The zero-order chi connectivity index (χ0) is 11.1. The first-order chi connectivity index (χ1) is 7.24. The lowest BCUT2D eigenvalue weighted by Gasteiger charge is -2.13. The summed E-state index contributed by atoms with van der Waals surface area (Å²) in [5, 5.41) is 11.4. The topological polar surface area (TPSA) is 76.0 Å². The standard InChI is InChI=1S/C10H11NO4/c12-10(13)9(6-7-11-14)15-8-4-2-1-3-5-8/h1-5,9H,6-7H2,(H,12,13). The fraction of sp³-hybridized carbons (Fsp3) is 0.300. The van der Waals surface area contributed by atoms with Gasteiger partial charge in [0.15, 0.2) is 6.10 Å². The van der Waals surface area contributed by atoms with Gasteiger partial charge in [-0.1, -0.05) is 23.4 Å². The van der Waals surface area contributed by atoms with Gasteiger partial charge in [0.2, 0.25) is 0 Å². The number of nitroso groups, excluding NO2 is 1. The summed E-state index contributed by atoms with van der Waals surface area (Å²) in [4.78, 5) is 20.6. The molecule has 0 aliphatic heterocycles. The van der Waals surface area contributed by atoms with Crippen LogP contribution >= 0.6 is 0 Å². The maximum absolute atomic E-state index is 10.7. The highest BCUT2D eigenvalue weighted by Crippen LogP contribution is 2.12. The van der Waals surface area contributed by atoms with E-state index in [9.17, 15) is 9.70 Å². The van der Waals surface area contributed by atoms with Gasteiger partial charge in [-0.3, -0.25) is 0 Å². The molecule has 15 heavy (non-hydrogen) atoms. The quantitative estimate of drug-likeness (QED) is 0.723. The molecule has 1 atom stereocenters. The summed E-state index contributed by atoms with van der Waals surface area (Å²) < 4.78 is 5.18. The third kappa shape index (κ3) is 3.76. The number of aliphatic carboxylic acids is 1. The van der Waals surface area contributed by atoms with Crippen molar-refractivity contribution in [2.75, 3.05) is 6.54 Å². The van der Waals surface area contributed by atoms with Gasteiger partial charge in [0.05, 0.1) is 6.54 Å². The van der Waals surface area contributed by atoms with E-state index in [-0.39, 0.29) is 13.0 Å². The second kappa shape index (κ2) is 5.74. The van der Waals surface area contributed by atoms with Crippen LogP contribution in [0, 0.1) is 4.91 Å². The normalized spacial score (nSPS) is 11.7. The molecule has 1 aromatic rings. The van der Waals surface area contributed by atoms with Gasteiger partial charge >= 0.3 is 5.97 Å². The average molecular weight is 209 g/mol. The molecule has 0 fully saturated rings. The Labute approximate surface area is 86.7 Å². The molecule has 0 aromatic heterocycles. The Bertz CT molecular complexity index is 325. The lowest BCUT2D eigenvalue weighted by Crippen LogP contribution is -2.27. The maximum atomic E-state index is 10.7. The minimum atomic E-state index is -1.09. The van der Waals surface area contributed by atoms with Crippen LogP contribution in [-0.4, -0.2) is 23.7 Å². The van der Waals surface area contributed by atoms with E-state index in [1.165, 1.54) is 0 Å². The molecule has 0 amide bonds. The number of nitrogens with zero attached hydrogens (tertiary/aromatic N) is 1. The first-order valence-corrected chi connectivity index (χ1v) is 4.47. The largest absolute Gasteiger partial charge is 0.479 e. The molecule has 1 aromatic carbocycles. The van der Waals surface area contributed by atoms with Crippen LogP contribution < -0.4 is 4.74 Å². The van der Waals surface area contributed by atoms with Crippen LogP contribution in [0.15, 0.2) is 35.5 Å². The summed E-state index contributed by atoms with van der Waals surface area (Å²) in [6, 6.07) is 8.60. The highest BCUT2D eigenvalue weighted by atomic mass is 16.5. The molecule has 1 rings (SSSR count). The monoisotopic (exact) mass is 209 g/mol. The number of rotatable bonds is 6. The number of hydrogen-bond acceptors (Lipinski definition) is 4. The molecule has 1 N–H and O–H groups in total. The number of benzene rings is 1. The van der Waals surface area contributed by atoms with Gasteiger partial charge in [-0.15, -0.1) is 0 Å². The van der Waals surface area contributed by atoms with Crippen LogP contribution in [0.5, 0.6) is 5.75 Å². The summed E-state index contributed by atoms with van der Waals surface area (Å²) in [7, 11) is 0. The fourth-order valence-electron chi connectivity index (χ4n) is 1.07. The van der Waals surface area contributed by atoms with Crippen LogP contribution in [0.4, 0.5) is 0 Å². The van der Waals surface area contributed by atoms with Crippen LogP contribution in [0.1, 0.15) is 6.42 Å². The van der Waals surface area contributed by atoms with Gasteiger partial charge in [-0.05, 0) is 12.1 Å². The van der Waals surface area contributed by atoms with Crippen molar-refractivity contribution in [2.24, 2.45) is 5.18 Å². The Kier molecular flexibility index (Phi) is 4.28. The number of carboxylic acids is 1. The molecule has 0 aliphatic carbocycles. The zero-order valence-electron chi connectivity index (χ0n) is 8.00. The van der Waals surface area contributed by atoms with E-state index in [0.717, 1.165) is 0 Å². The second-order valence-electron chi connectivity index (χ2n) is 2.90. The Morgan fingerprint density at radius 2 is 2.07 bits per heavy atom. The maximum Gasteiger partial charge on any atom is 0.344 e. The average Bonchev–Trinajstić information content (AvgIpc) is 2.25. The SMILES string of the molecule is O=NCCC(Oc1ccccc1)C(=O)O. The van der Waals surface area contributed by atoms with E-state index in [2.05, 4.69) is 5.18 Å². The molecule has 0 saturated carbocycles. The van der Waals surface area contributed by atoms with Gasteiger partial charge in [0.1, 0.15) is 5.75 Å². The molecule has 0 bridgehead atoms. The van der Waals surface area contributed by atoms with Gasteiger partial charge in [0, 0.05) is 6.42 Å². The highest BCUT2D eigenvalue weighted by molar-refractivity contribution is 5.72. The van der Waals surface area contributed by atoms with Crippen LogP contribution in [0.25, 0.3) is 0 Å². The second-order valence-corrected chi connectivity index (χ2v) is 2.90. The third-order valence-corrected chi connectivity index (χ3v) is 1.78. The van der Waals surface area contributed by atoms with Gasteiger partial charge in [-0.2, -0.15) is 4.91 Å². The van der Waals surface area contributed by atoms with Gasteiger partial charge in [-0.25, -0.2) is 4.79 Å². The molecule has 0 aliphatic rings. The number of hydrogen-bond donors (Lipinski definition) is 1. The number of para-hydroxylation sites is 1. The Morgan fingerprint density at radius 3 is 2.60 bits per heavy atom. The zero-order valence-corrected chi connectivity index (χ0v) is 8.00. The Hall–Kier alpha value is -1.91. The fourth-order valence-corrected chi connectivity index (χ4v) is 1.07. The van der Waals surface area contributed by atoms with E-state index >= 15 is 0 Å². The molecule has 80 valence electrons. The molecule has 0 radical (unpaired) electrons. The molecule has 5 nitrogen and oxygen atoms in total. The van der Waals surface area contributed by atoms with Crippen LogP contribution in [-0.2, 0) is 4.79 Å². The van der Waals surface area contributed by atoms with Crippen molar-refractivity contribution in [2.45, 2.75) is 12.5 Å². The summed E-state index contributed by atoms with van der Waals surface area (Å²) >= 11 is 0. The van der Waals surface area contributed by atoms with Crippen LogP contribution in [0.3, 0.4) is 0 Å². The molecule has 0 heterocycles. The third-order valence-electron chi connectivity index (χ3n) is 1.78. The van der Waals surface area contributed by atoms with Gasteiger partial charge in [0.25, 0.3) is 0 Å². The highest BCUT2D eigenvalue weighted by Gasteiger charge is 2.18. The van der Waals surface area contributed by atoms with Crippen molar-refractivity contribution >= 4 is 5.97 Å². The lowest BCUT2D eigenvalue weighted by atomic mass is 10.2. The minimum absolute atomic E-state index is 0.0657. The summed E-state index contributed by atoms with van der Waals surface area (Å²) in [5.41, 5.74) is 0. The Morgan fingerprint density at radius 1 is 1.40 bits per heavy atom. The summed E-state index contributed by atoms with van der Waals surface area (Å²) in [6.07, 6.45) is -0.946. The molecule has 0 saturated heterocycles. The van der Waals surface area contributed by atoms with Crippen molar-refractivity contribution in [1.82, 2.24) is 0 Å². The summed E-state index contributed by atoms with van der Waals surface area (Å²) in [6.45, 7) is -0.0657. The number of carbonyl (C=O) groups is 1. The minimum Gasteiger partial charge on any atom is -0.479 e. The van der Waals surface area contributed by atoms with Crippen molar-refractivity contribution in [1.29, 1.82) is 0 Å². The van der Waals surface area contributed by atoms with E-state index < -0.39 is 12.1 Å². The molecular weight excluding hydrogens is 198 g/mol. The van der Waals surface area contributed by atoms with Crippen LogP contribution in [0.2, 0.25) is 0 Å². The van der Waals surface area contributed by atoms with Crippen molar-refractivity contribution in [3.63, 3.8) is 0 Å². The van der Waals surface area contributed by atoms with E-state index in [1.54, 1.807) is 30.3 Å². The Balaban J connectivity index is 2.58. The van der Waals surface area contributed by atoms with Crippen molar-refractivity contribution < 1.29 is 14.6 Å². The first-order valence-electron chi connectivity index (χ1n) is 4.47. The van der Waals surface area contributed by atoms with Gasteiger partial charge < -0.3 is 9.84 Å².